The Morgan fingerprint density at radius 1 is 1.00 bits per heavy atom. The van der Waals surface area contributed by atoms with Crippen molar-refractivity contribution >= 4 is 23.6 Å². The van der Waals surface area contributed by atoms with Gasteiger partial charge in [-0.25, -0.2) is 9.97 Å². The smallest absolute Gasteiger partial charge is 0.272 e. The zero-order chi connectivity index (χ0) is 25.7. The maximum atomic E-state index is 12.4. The van der Waals surface area contributed by atoms with E-state index in [0.29, 0.717) is 48.5 Å². The van der Waals surface area contributed by atoms with E-state index in [1.165, 1.54) is 4.90 Å². The molecule has 4 aromatic rings. The van der Waals surface area contributed by atoms with Gasteiger partial charge in [-0.2, -0.15) is 5.10 Å². The van der Waals surface area contributed by atoms with E-state index in [4.69, 9.17) is 4.52 Å². The molecule has 12 nitrogen and oxygen atoms in total. The summed E-state index contributed by atoms with van der Waals surface area (Å²) in [7, 11) is 3.41. The second-order valence-electron chi connectivity index (χ2n) is 9.25. The molecule has 2 amide bonds. The van der Waals surface area contributed by atoms with Crippen molar-refractivity contribution in [1.29, 1.82) is 0 Å². The number of hydrogen-bond acceptors (Lipinski definition) is 9. The van der Waals surface area contributed by atoms with Crippen molar-refractivity contribution in [3.63, 3.8) is 0 Å². The third kappa shape index (κ3) is 3.91. The van der Waals surface area contributed by atoms with E-state index in [0.717, 1.165) is 11.1 Å². The number of nitrogens with zero attached hydrogens (tertiary/aromatic N) is 7. The minimum absolute atomic E-state index is 0.0780. The van der Waals surface area contributed by atoms with E-state index in [2.05, 4.69) is 25.5 Å². The Labute approximate surface area is 211 Å². The van der Waals surface area contributed by atoms with Crippen LogP contribution in [0.2, 0.25) is 0 Å². The molecule has 2 aliphatic heterocycles. The summed E-state index contributed by atoms with van der Waals surface area (Å²) in [5.41, 5.74) is 1.53. The fourth-order valence-electron chi connectivity index (χ4n) is 4.58. The monoisotopic (exact) mass is 500 g/mol. The number of carbonyl (C=O) groups is 2. The van der Waals surface area contributed by atoms with Gasteiger partial charge in [0.1, 0.15) is 11.4 Å². The third-order valence-corrected chi connectivity index (χ3v) is 6.77. The van der Waals surface area contributed by atoms with E-state index < -0.39 is 11.5 Å². The number of likely N-dealkylation sites (tertiary alicyclic amines) is 1. The van der Waals surface area contributed by atoms with Gasteiger partial charge < -0.3 is 24.7 Å². The van der Waals surface area contributed by atoms with Gasteiger partial charge in [-0.3, -0.25) is 14.3 Å². The van der Waals surface area contributed by atoms with Crippen LogP contribution in [0.3, 0.4) is 0 Å². The molecular weight excluding hydrogens is 476 g/mol. The van der Waals surface area contributed by atoms with Crippen LogP contribution in [0, 0.1) is 0 Å². The second-order valence-corrected chi connectivity index (χ2v) is 9.25. The fraction of sp³-hybridized carbons (Fsp3) is 0.280. The summed E-state index contributed by atoms with van der Waals surface area (Å²) in [5.74, 6) is 0.479. The zero-order valence-electron chi connectivity index (χ0n) is 20.2. The van der Waals surface area contributed by atoms with Gasteiger partial charge in [0.25, 0.3) is 11.8 Å². The summed E-state index contributed by atoms with van der Waals surface area (Å²) in [4.78, 5) is 36.8. The van der Waals surface area contributed by atoms with E-state index in [-0.39, 0.29) is 18.1 Å². The van der Waals surface area contributed by atoms with E-state index in [9.17, 15) is 14.7 Å². The molecule has 188 valence electrons. The molecule has 0 spiro atoms. The maximum absolute atomic E-state index is 12.4. The van der Waals surface area contributed by atoms with Crippen molar-refractivity contribution in [2.45, 2.75) is 18.6 Å². The molecule has 1 aromatic carbocycles. The van der Waals surface area contributed by atoms with Gasteiger partial charge in [-0.05, 0) is 12.1 Å². The van der Waals surface area contributed by atoms with Crippen molar-refractivity contribution in [3.8, 4) is 22.5 Å². The van der Waals surface area contributed by atoms with Gasteiger partial charge in [0.2, 0.25) is 11.5 Å². The van der Waals surface area contributed by atoms with Gasteiger partial charge in [0.05, 0.1) is 12.2 Å². The molecule has 0 bridgehead atoms. The largest absolute Gasteiger partial charge is 0.373 e. The molecule has 6 rings (SSSR count). The number of amides is 2. The summed E-state index contributed by atoms with van der Waals surface area (Å²) >= 11 is 0. The van der Waals surface area contributed by atoms with Crippen LogP contribution in [0.5, 0.6) is 0 Å². The van der Waals surface area contributed by atoms with Crippen LogP contribution in [0.15, 0.2) is 53.2 Å². The lowest BCUT2D eigenvalue weighted by Gasteiger charge is -2.22. The molecule has 12 heteroatoms. The second kappa shape index (κ2) is 8.52. The summed E-state index contributed by atoms with van der Waals surface area (Å²) < 4.78 is 7.06. The Balaban J connectivity index is 1.25. The molecule has 37 heavy (non-hydrogen) atoms. The van der Waals surface area contributed by atoms with E-state index in [1.807, 2.05) is 24.3 Å². The number of benzene rings is 1. The maximum Gasteiger partial charge on any atom is 0.272 e. The predicted octanol–water partition coefficient (Wildman–Crippen LogP) is 1.87. The zero-order valence-corrected chi connectivity index (χ0v) is 20.2. The Kier molecular flexibility index (Phi) is 5.26. The molecule has 2 N–H and O–H groups in total. The Morgan fingerprint density at radius 2 is 1.81 bits per heavy atom. The van der Waals surface area contributed by atoms with Gasteiger partial charge in [-0.1, -0.05) is 23.4 Å². The third-order valence-electron chi connectivity index (χ3n) is 6.77. The number of likely N-dealkylation sites (N-methyl/N-ethyl adjacent to an activating group) is 2. The molecule has 1 unspecified atom stereocenters. The van der Waals surface area contributed by atoms with Crippen molar-refractivity contribution < 1.29 is 19.2 Å². The van der Waals surface area contributed by atoms with Gasteiger partial charge in [0, 0.05) is 63.1 Å². The van der Waals surface area contributed by atoms with Crippen molar-refractivity contribution in [1.82, 2.24) is 34.7 Å². The minimum atomic E-state index is -1.70. The first-order valence-corrected chi connectivity index (χ1v) is 11.8. The number of aliphatic hydroxyl groups is 1. The first-order valence-electron chi connectivity index (χ1n) is 11.8. The quantitative estimate of drug-likeness (QED) is 0.420. The highest BCUT2D eigenvalue weighted by Gasteiger charge is 2.48. The Hall–Kier alpha value is -4.58. The number of rotatable bonds is 5. The van der Waals surface area contributed by atoms with Crippen molar-refractivity contribution in [2.24, 2.45) is 0 Å². The molecular formula is C25H24N8O4. The van der Waals surface area contributed by atoms with Crippen LogP contribution in [0.1, 0.15) is 22.7 Å². The highest BCUT2D eigenvalue weighted by molar-refractivity contribution is 5.94. The fourth-order valence-corrected chi connectivity index (χ4v) is 4.58. The number of carbonyl (C=O) groups excluding carboxylic acids is 2. The van der Waals surface area contributed by atoms with Crippen LogP contribution in [0.25, 0.3) is 22.5 Å². The highest BCUT2D eigenvalue weighted by atomic mass is 16.5. The summed E-state index contributed by atoms with van der Waals surface area (Å²) in [6.45, 7) is 1.67. The molecule has 0 aliphatic carbocycles. The SMILES string of the molecule is CN1CCn2nc(Nc3nccc(-c4cccc(-c5cc(C6(O)CCN(C)C6=O)on5)c4)n3)cc2C1=O. The first kappa shape index (κ1) is 22.9. The molecule has 3 aromatic heterocycles. The number of nitrogens with one attached hydrogen (secondary N) is 1. The molecule has 1 fully saturated rings. The van der Waals surface area contributed by atoms with Gasteiger partial charge in [0.15, 0.2) is 11.6 Å². The van der Waals surface area contributed by atoms with Crippen LogP contribution in [0.4, 0.5) is 11.8 Å². The van der Waals surface area contributed by atoms with Crippen LogP contribution < -0.4 is 5.32 Å². The molecule has 5 heterocycles. The Morgan fingerprint density at radius 3 is 2.59 bits per heavy atom. The molecule has 0 radical (unpaired) electrons. The highest BCUT2D eigenvalue weighted by Crippen LogP contribution is 2.35. The normalized spacial score (nSPS) is 19.4. The molecule has 0 saturated carbocycles. The lowest BCUT2D eigenvalue weighted by atomic mass is 9.98. The molecule has 1 atom stereocenters. The van der Waals surface area contributed by atoms with Crippen LogP contribution in [-0.4, -0.2) is 78.8 Å². The van der Waals surface area contributed by atoms with Crippen LogP contribution in [-0.2, 0) is 16.9 Å². The minimum Gasteiger partial charge on any atom is -0.373 e. The Bertz CT molecular complexity index is 1530. The number of anilines is 2. The topological polar surface area (TPSA) is 143 Å². The molecule has 2 aliphatic rings. The summed E-state index contributed by atoms with van der Waals surface area (Å²) in [5, 5.41) is 22.5. The predicted molar refractivity (Wildman–Crippen MR) is 132 cm³/mol. The van der Waals surface area contributed by atoms with E-state index >= 15 is 0 Å². The summed E-state index contributed by atoms with van der Waals surface area (Å²) in [6.07, 6.45) is 1.89. The number of hydrogen-bond donors (Lipinski definition) is 2. The van der Waals surface area contributed by atoms with Gasteiger partial charge in [-0.15, -0.1) is 0 Å². The average molecular weight is 501 g/mol. The van der Waals surface area contributed by atoms with Crippen LogP contribution >= 0.6 is 0 Å². The lowest BCUT2D eigenvalue weighted by Crippen LogP contribution is -2.37. The summed E-state index contributed by atoms with van der Waals surface area (Å²) in [6, 6.07) is 12.6. The lowest BCUT2D eigenvalue weighted by molar-refractivity contribution is -0.144. The van der Waals surface area contributed by atoms with Crippen molar-refractivity contribution in [3.05, 3.63) is 60.1 Å². The average Bonchev–Trinajstić information content (AvgIpc) is 3.63. The first-order chi connectivity index (χ1) is 17.8. The van der Waals surface area contributed by atoms with E-state index in [1.54, 1.807) is 48.1 Å². The number of aromatic nitrogens is 5. The standard InChI is InChI=1S/C25H24N8O4/c1-31-10-11-33-19(22(31)34)14-21(29-33)28-24-26-8-6-17(27-24)15-4-3-5-16(12-15)18-13-20(37-30-18)25(36)7-9-32(2)23(25)35/h3-6,8,12-14,36H,7,9-11H2,1-2H3,(H,26,27,28,29). The van der Waals surface area contributed by atoms with Crippen molar-refractivity contribution in [2.75, 3.05) is 32.5 Å². The van der Waals surface area contributed by atoms with Gasteiger partial charge >= 0.3 is 0 Å². The molecule has 1 saturated heterocycles. The number of fused-ring (bicyclic) bond motifs is 1.